The highest BCUT2D eigenvalue weighted by molar-refractivity contribution is 5.80. The molecule has 43 heavy (non-hydrogen) atoms. The van der Waals surface area contributed by atoms with Crippen LogP contribution in [0.4, 0.5) is 0 Å². The molecule has 5 aromatic rings. The first-order valence-electron chi connectivity index (χ1n) is 14.7. The van der Waals surface area contributed by atoms with Crippen molar-refractivity contribution < 1.29 is 14.4 Å². The molecule has 0 fully saturated rings. The third-order valence-electron chi connectivity index (χ3n) is 7.14. The standard InChI is InChI=1S/C35H38N4O4/c1-6-10-30-36-29(7-2)31(25-17-19-26(20-18-25)42-22-35(3,4)5)33(40)39(30)21-23-13-15-24(16-14-23)27-11-8-9-12-28(27)32-37-34(41)43-38-32/h8-9,11-20H,6-7,10,21-22H2,1-5H3,(H,37,38,41). The zero-order chi connectivity index (χ0) is 30.6. The van der Waals surface area contributed by atoms with E-state index in [4.69, 9.17) is 14.2 Å². The third-order valence-corrected chi connectivity index (χ3v) is 7.14. The van der Waals surface area contributed by atoms with Crippen LogP contribution >= 0.6 is 0 Å². The molecule has 0 amide bonds. The molecule has 0 spiro atoms. The molecule has 0 saturated carbocycles. The van der Waals surface area contributed by atoms with Gasteiger partial charge in [-0.1, -0.05) is 100 Å². The highest BCUT2D eigenvalue weighted by atomic mass is 16.6. The summed E-state index contributed by atoms with van der Waals surface area (Å²) in [6.07, 6.45) is 1.79. The fourth-order valence-corrected chi connectivity index (χ4v) is 5.02. The van der Waals surface area contributed by atoms with E-state index in [0.717, 1.165) is 51.5 Å². The molecular weight excluding hydrogens is 540 g/mol. The second kappa shape index (κ2) is 12.7. The molecular formula is C35H38N4O4. The number of ether oxygens (including phenoxy) is 1. The van der Waals surface area contributed by atoms with Crippen molar-refractivity contribution >= 4 is 0 Å². The molecule has 2 aromatic heterocycles. The van der Waals surface area contributed by atoms with Crippen molar-refractivity contribution in [3.05, 3.63) is 100 Å². The van der Waals surface area contributed by atoms with Gasteiger partial charge in [-0.15, -0.1) is 0 Å². The van der Waals surface area contributed by atoms with Gasteiger partial charge in [0.25, 0.3) is 5.56 Å². The fourth-order valence-electron chi connectivity index (χ4n) is 5.02. The van der Waals surface area contributed by atoms with Crippen LogP contribution in [0.3, 0.4) is 0 Å². The van der Waals surface area contributed by atoms with Crippen LogP contribution in [0.2, 0.25) is 0 Å². The van der Waals surface area contributed by atoms with E-state index in [-0.39, 0.29) is 11.0 Å². The van der Waals surface area contributed by atoms with Gasteiger partial charge in [0.15, 0.2) is 0 Å². The van der Waals surface area contributed by atoms with E-state index < -0.39 is 6.08 Å². The highest BCUT2D eigenvalue weighted by Crippen LogP contribution is 2.31. The van der Waals surface area contributed by atoms with Crippen LogP contribution in [0.25, 0.3) is 33.6 Å². The summed E-state index contributed by atoms with van der Waals surface area (Å²) in [7, 11) is 0. The number of hydrogen-bond donors (Lipinski definition) is 1. The van der Waals surface area contributed by atoms with E-state index in [9.17, 15) is 9.90 Å². The quantitative estimate of drug-likeness (QED) is 0.185. The van der Waals surface area contributed by atoms with Gasteiger partial charge in [0.05, 0.1) is 24.4 Å². The van der Waals surface area contributed by atoms with Gasteiger partial charge < -0.3 is 9.84 Å². The Labute approximate surface area is 252 Å². The molecule has 0 bridgehead atoms. The molecule has 8 heteroatoms. The van der Waals surface area contributed by atoms with Gasteiger partial charge in [0.2, 0.25) is 5.82 Å². The summed E-state index contributed by atoms with van der Waals surface area (Å²) in [5, 5.41) is 13.4. The van der Waals surface area contributed by atoms with Gasteiger partial charge in [-0.3, -0.25) is 13.9 Å². The highest BCUT2D eigenvalue weighted by Gasteiger charge is 2.19. The minimum atomic E-state index is -0.472. The monoisotopic (exact) mass is 578 g/mol. The van der Waals surface area contributed by atoms with Gasteiger partial charge in [-0.25, -0.2) is 4.98 Å². The largest absolute Gasteiger partial charge is 0.493 e. The maximum atomic E-state index is 14.1. The molecule has 0 aliphatic rings. The lowest BCUT2D eigenvalue weighted by Gasteiger charge is -2.19. The van der Waals surface area contributed by atoms with Crippen molar-refractivity contribution in [2.75, 3.05) is 6.61 Å². The predicted molar refractivity (Wildman–Crippen MR) is 168 cm³/mol. The number of benzene rings is 3. The van der Waals surface area contributed by atoms with Crippen molar-refractivity contribution in [1.82, 2.24) is 19.7 Å². The van der Waals surface area contributed by atoms with Gasteiger partial charge >= 0.3 is 6.08 Å². The van der Waals surface area contributed by atoms with Crippen LogP contribution in [0.5, 0.6) is 11.8 Å². The number of nitrogens with zero attached hydrogens (tertiary/aromatic N) is 4. The first-order chi connectivity index (χ1) is 20.7. The van der Waals surface area contributed by atoms with Gasteiger partial charge in [0.1, 0.15) is 11.6 Å². The molecule has 0 saturated heterocycles. The number of aromatic nitrogens is 4. The Hall–Kier alpha value is -4.72. The van der Waals surface area contributed by atoms with Crippen molar-refractivity contribution in [1.29, 1.82) is 0 Å². The average molecular weight is 579 g/mol. The summed E-state index contributed by atoms with van der Waals surface area (Å²) >= 11 is 0. The van der Waals surface area contributed by atoms with E-state index in [2.05, 4.69) is 37.8 Å². The third kappa shape index (κ3) is 6.85. The Bertz CT molecular complexity index is 1750. The summed E-state index contributed by atoms with van der Waals surface area (Å²) in [6, 6.07) is 23.5. The van der Waals surface area contributed by atoms with Gasteiger partial charge in [-0.05, 0) is 52.6 Å². The second-order valence-electron chi connectivity index (χ2n) is 11.9. The number of hydrogen-bond acceptors (Lipinski definition) is 7. The fraction of sp³-hybridized carbons (Fsp3) is 0.314. The molecule has 0 aliphatic heterocycles. The Kier molecular flexibility index (Phi) is 8.76. The molecule has 222 valence electrons. The van der Waals surface area contributed by atoms with Crippen molar-refractivity contribution in [2.24, 2.45) is 5.41 Å². The first kappa shape index (κ1) is 29.8. The van der Waals surface area contributed by atoms with Gasteiger partial charge in [0, 0.05) is 12.0 Å². The summed E-state index contributed by atoms with van der Waals surface area (Å²) in [5.41, 5.74) is 5.91. The lowest BCUT2D eigenvalue weighted by molar-refractivity contribution is 0.198. The van der Waals surface area contributed by atoms with Crippen LogP contribution in [-0.4, -0.2) is 31.4 Å². The topological polar surface area (TPSA) is 103 Å². The zero-order valence-corrected chi connectivity index (χ0v) is 25.4. The summed E-state index contributed by atoms with van der Waals surface area (Å²) in [5.74, 6) is 1.89. The normalized spacial score (nSPS) is 11.6. The molecule has 1 N–H and O–H groups in total. The molecule has 3 aromatic carbocycles. The van der Waals surface area contributed by atoms with Crippen LogP contribution in [0, 0.1) is 5.41 Å². The van der Waals surface area contributed by atoms with Crippen LogP contribution in [0.15, 0.2) is 82.1 Å². The minimum absolute atomic E-state index is 0.0370. The Morgan fingerprint density at radius 2 is 1.56 bits per heavy atom. The van der Waals surface area contributed by atoms with Crippen LogP contribution in [0.1, 0.15) is 58.1 Å². The predicted octanol–water partition coefficient (Wildman–Crippen LogP) is 7.32. The maximum absolute atomic E-state index is 14.1. The summed E-state index contributed by atoms with van der Waals surface area (Å²) in [6.45, 7) is 11.6. The van der Waals surface area contributed by atoms with E-state index in [1.165, 1.54) is 0 Å². The first-order valence-corrected chi connectivity index (χ1v) is 14.7. The molecule has 5 rings (SSSR count). The van der Waals surface area contributed by atoms with Crippen LogP contribution < -0.4 is 10.3 Å². The smallest absolute Gasteiger partial charge is 0.415 e. The van der Waals surface area contributed by atoms with E-state index in [1.807, 2.05) is 84.3 Å². The van der Waals surface area contributed by atoms with E-state index >= 15 is 0 Å². The van der Waals surface area contributed by atoms with Crippen molar-refractivity contribution in [3.63, 3.8) is 0 Å². The number of aromatic hydroxyl groups is 1. The lowest BCUT2D eigenvalue weighted by atomic mass is 9.98. The molecule has 0 radical (unpaired) electrons. The number of aryl methyl sites for hydroxylation is 2. The Morgan fingerprint density at radius 1 is 0.884 bits per heavy atom. The summed E-state index contributed by atoms with van der Waals surface area (Å²) in [4.78, 5) is 23.1. The van der Waals surface area contributed by atoms with Gasteiger partial charge in [-0.2, -0.15) is 4.98 Å². The molecule has 0 aliphatic carbocycles. The lowest BCUT2D eigenvalue weighted by Crippen LogP contribution is -2.29. The molecule has 2 heterocycles. The second-order valence-corrected chi connectivity index (χ2v) is 11.9. The SMILES string of the molecule is CCCc1nc(CC)c(-c2ccc(OCC(C)(C)C)cc2)c(=O)n1Cc1ccc(-c2ccccc2-c2noc(O)n2)cc1. The minimum Gasteiger partial charge on any atom is -0.493 e. The maximum Gasteiger partial charge on any atom is 0.415 e. The molecule has 0 unspecified atom stereocenters. The summed E-state index contributed by atoms with van der Waals surface area (Å²) < 4.78 is 12.5. The van der Waals surface area contributed by atoms with Crippen molar-refractivity contribution in [2.45, 2.75) is 60.4 Å². The van der Waals surface area contributed by atoms with E-state index in [0.29, 0.717) is 37.4 Å². The van der Waals surface area contributed by atoms with Crippen LogP contribution in [-0.2, 0) is 19.4 Å². The Morgan fingerprint density at radius 3 is 2.16 bits per heavy atom. The molecule has 0 atom stereocenters. The zero-order valence-electron chi connectivity index (χ0n) is 25.4. The molecule has 8 nitrogen and oxygen atoms in total. The average Bonchev–Trinajstić information content (AvgIpc) is 3.44. The van der Waals surface area contributed by atoms with E-state index in [1.54, 1.807) is 0 Å². The number of rotatable bonds is 10. The Balaban J connectivity index is 1.47. The van der Waals surface area contributed by atoms with Crippen molar-refractivity contribution in [3.8, 4) is 45.5 Å².